The van der Waals surface area contributed by atoms with Gasteiger partial charge in [0.1, 0.15) is 12.6 Å². The van der Waals surface area contributed by atoms with Crippen LogP contribution in [0.2, 0.25) is 0 Å². The number of imide groups is 1. The largest absolute Gasteiger partial charge is 0.460 e. The zero-order chi connectivity index (χ0) is 35.5. The van der Waals surface area contributed by atoms with Crippen molar-refractivity contribution in [3.05, 3.63) is 42.0 Å². The van der Waals surface area contributed by atoms with Crippen LogP contribution in [0.3, 0.4) is 0 Å². The molecular formula is C34H53N7O7. The van der Waals surface area contributed by atoms with Crippen molar-refractivity contribution >= 4 is 41.3 Å². The number of primary amides is 1. The van der Waals surface area contributed by atoms with Crippen molar-refractivity contribution in [1.82, 2.24) is 20.9 Å². The second-order valence-corrected chi connectivity index (χ2v) is 12.9. The Morgan fingerprint density at radius 2 is 1.56 bits per heavy atom. The summed E-state index contributed by atoms with van der Waals surface area (Å²) in [4.78, 5) is 74.0. The molecule has 1 heterocycles. The van der Waals surface area contributed by atoms with E-state index in [0.717, 1.165) is 11.3 Å². The number of ether oxygens (including phenoxy) is 1. The molecule has 14 nitrogen and oxygen atoms in total. The summed E-state index contributed by atoms with van der Waals surface area (Å²) in [6.45, 7) is 7.05. The van der Waals surface area contributed by atoms with Gasteiger partial charge in [-0.2, -0.15) is 0 Å². The van der Waals surface area contributed by atoms with E-state index in [-0.39, 0.29) is 48.7 Å². The predicted molar refractivity (Wildman–Crippen MR) is 182 cm³/mol. The van der Waals surface area contributed by atoms with E-state index in [0.29, 0.717) is 77.5 Å². The molecule has 0 fully saturated rings. The van der Waals surface area contributed by atoms with Gasteiger partial charge in [-0.1, -0.05) is 18.6 Å². The number of nitrogens with one attached hydrogen (secondary N) is 4. The van der Waals surface area contributed by atoms with Crippen LogP contribution in [-0.2, 0) is 35.3 Å². The SMILES string of the molecule is CC(C)(C)C(=O)OCc1ccc(NC[C@H](CCCNC(N)=O)NC(=O)[C@H](CCCCN)NC(=O)CCCCCN2C(=O)C=CC2=O)cc1. The number of carbonyl (C=O) groups excluding carboxylic acids is 6. The summed E-state index contributed by atoms with van der Waals surface area (Å²) in [5.41, 5.74) is 11.9. The van der Waals surface area contributed by atoms with E-state index < -0.39 is 17.5 Å². The van der Waals surface area contributed by atoms with Crippen LogP contribution < -0.4 is 32.7 Å². The molecule has 6 amide bonds. The first kappa shape index (κ1) is 39.7. The number of urea groups is 1. The fourth-order valence-electron chi connectivity index (χ4n) is 4.82. The van der Waals surface area contributed by atoms with Crippen molar-refractivity contribution in [3.8, 4) is 0 Å². The van der Waals surface area contributed by atoms with Gasteiger partial charge in [-0.05, 0) is 90.0 Å². The van der Waals surface area contributed by atoms with Gasteiger partial charge in [0.15, 0.2) is 0 Å². The lowest BCUT2D eigenvalue weighted by Gasteiger charge is -2.24. The Bertz CT molecular complexity index is 1240. The summed E-state index contributed by atoms with van der Waals surface area (Å²) < 4.78 is 5.38. The molecular weight excluding hydrogens is 618 g/mol. The van der Waals surface area contributed by atoms with Crippen molar-refractivity contribution in [2.45, 2.75) is 97.2 Å². The number of hydrogen-bond acceptors (Lipinski definition) is 9. The van der Waals surface area contributed by atoms with Gasteiger partial charge in [0, 0.05) is 49.9 Å². The summed E-state index contributed by atoms with van der Waals surface area (Å²) >= 11 is 0. The molecule has 0 bridgehead atoms. The molecule has 266 valence electrons. The molecule has 0 unspecified atom stereocenters. The first-order chi connectivity index (χ1) is 22.8. The smallest absolute Gasteiger partial charge is 0.312 e. The number of carbonyl (C=O) groups is 6. The van der Waals surface area contributed by atoms with Gasteiger partial charge in [-0.15, -0.1) is 0 Å². The fraction of sp³-hybridized carbons (Fsp3) is 0.588. The lowest BCUT2D eigenvalue weighted by Crippen LogP contribution is -2.51. The van der Waals surface area contributed by atoms with E-state index in [1.807, 2.05) is 24.3 Å². The maximum atomic E-state index is 13.5. The van der Waals surface area contributed by atoms with Gasteiger partial charge >= 0.3 is 12.0 Å². The molecule has 2 rings (SSSR count). The molecule has 1 aromatic rings. The van der Waals surface area contributed by atoms with Gasteiger partial charge in [0.2, 0.25) is 11.8 Å². The van der Waals surface area contributed by atoms with Crippen LogP contribution in [0.4, 0.5) is 10.5 Å². The summed E-state index contributed by atoms with van der Waals surface area (Å²) in [6.07, 6.45) is 7.34. The van der Waals surface area contributed by atoms with Crippen LogP contribution in [0.15, 0.2) is 36.4 Å². The first-order valence-corrected chi connectivity index (χ1v) is 16.7. The third kappa shape index (κ3) is 15.4. The molecule has 0 radical (unpaired) electrons. The predicted octanol–water partition coefficient (Wildman–Crippen LogP) is 2.22. The Morgan fingerprint density at radius 3 is 2.19 bits per heavy atom. The van der Waals surface area contributed by atoms with E-state index >= 15 is 0 Å². The van der Waals surface area contributed by atoms with Crippen LogP contribution in [0.1, 0.15) is 84.1 Å². The minimum atomic E-state index is -0.753. The number of amides is 6. The molecule has 0 spiro atoms. The van der Waals surface area contributed by atoms with E-state index in [2.05, 4.69) is 21.3 Å². The first-order valence-electron chi connectivity index (χ1n) is 16.7. The average molecular weight is 672 g/mol. The Morgan fingerprint density at radius 1 is 0.875 bits per heavy atom. The van der Waals surface area contributed by atoms with E-state index in [1.165, 1.54) is 17.1 Å². The Labute approximate surface area is 283 Å². The topological polar surface area (TPSA) is 215 Å². The molecule has 1 aliphatic rings. The minimum Gasteiger partial charge on any atom is -0.460 e. The Hall–Kier alpha value is -4.46. The van der Waals surface area contributed by atoms with Crippen LogP contribution in [0.25, 0.3) is 0 Å². The van der Waals surface area contributed by atoms with Crippen LogP contribution in [0.5, 0.6) is 0 Å². The number of rotatable bonds is 22. The van der Waals surface area contributed by atoms with E-state index in [1.54, 1.807) is 20.8 Å². The Balaban J connectivity index is 1.94. The highest BCUT2D eigenvalue weighted by atomic mass is 16.5. The highest BCUT2D eigenvalue weighted by Crippen LogP contribution is 2.18. The van der Waals surface area contributed by atoms with Gasteiger partial charge < -0.3 is 37.5 Å². The molecule has 2 atom stereocenters. The number of nitrogens with two attached hydrogens (primary N) is 2. The monoisotopic (exact) mass is 671 g/mol. The molecule has 48 heavy (non-hydrogen) atoms. The number of unbranched alkanes of at least 4 members (excludes halogenated alkanes) is 3. The zero-order valence-corrected chi connectivity index (χ0v) is 28.5. The summed E-state index contributed by atoms with van der Waals surface area (Å²) in [6, 6.07) is 5.72. The second kappa shape index (κ2) is 20.7. The quantitative estimate of drug-likeness (QED) is 0.0605. The maximum absolute atomic E-state index is 13.5. The number of nitrogens with zero attached hydrogens (tertiary/aromatic N) is 1. The van der Waals surface area contributed by atoms with Gasteiger partial charge in [0.05, 0.1) is 5.41 Å². The highest BCUT2D eigenvalue weighted by Gasteiger charge is 2.25. The van der Waals surface area contributed by atoms with Crippen molar-refractivity contribution in [2.75, 3.05) is 31.5 Å². The molecule has 0 saturated carbocycles. The molecule has 0 saturated heterocycles. The molecule has 14 heteroatoms. The van der Waals surface area contributed by atoms with Crippen molar-refractivity contribution < 1.29 is 33.5 Å². The average Bonchev–Trinajstić information content (AvgIpc) is 3.35. The number of esters is 1. The number of benzene rings is 1. The third-order valence-corrected chi connectivity index (χ3v) is 7.65. The molecule has 0 aromatic heterocycles. The molecule has 0 aliphatic carbocycles. The number of hydrogen-bond donors (Lipinski definition) is 6. The van der Waals surface area contributed by atoms with Crippen molar-refractivity contribution in [3.63, 3.8) is 0 Å². The summed E-state index contributed by atoms with van der Waals surface area (Å²) in [5.74, 6) is -1.50. The molecule has 1 aromatic carbocycles. The summed E-state index contributed by atoms with van der Waals surface area (Å²) in [5, 5.41) is 11.8. The van der Waals surface area contributed by atoms with Gasteiger partial charge in [0.25, 0.3) is 11.8 Å². The molecule has 1 aliphatic heterocycles. The lowest BCUT2D eigenvalue weighted by atomic mass is 9.97. The van der Waals surface area contributed by atoms with Crippen LogP contribution in [0, 0.1) is 5.41 Å². The minimum absolute atomic E-state index is 0.164. The normalized spacial score (nSPS) is 14.0. The molecule has 8 N–H and O–H groups in total. The van der Waals surface area contributed by atoms with Crippen LogP contribution >= 0.6 is 0 Å². The fourth-order valence-corrected chi connectivity index (χ4v) is 4.82. The van der Waals surface area contributed by atoms with Gasteiger partial charge in [-0.25, -0.2) is 4.79 Å². The van der Waals surface area contributed by atoms with Crippen molar-refractivity contribution in [1.29, 1.82) is 0 Å². The highest BCUT2D eigenvalue weighted by molar-refractivity contribution is 6.12. The van der Waals surface area contributed by atoms with E-state index in [9.17, 15) is 28.8 Å². The third-order valence-electron chi connectivity index (χ3n) is 7.65. The standard InChI is InChI=1S/C34H53N7O7/c1-34(2,3)32(46)48-23-24-13-15-25(16-14-24)38-22-26(10-9-20-37-33(36)47)39-31(45)27(11-6-7-19-35)40-28(42)12-5-4-8-21-41-29(43)17-18-30(41)44/h13-18,26-27,38H,4-12,19-23,35H2,1-3H3,(H,39,45)(H,40,42)(H3,36,37,47)/t26-,27-/m0/s1. The number of anilines is 1. The van der Waals surface area contributed by atoms with E-state index in [4.69, 9.17) is 16.2 Å². The summed E-state index contributed by atoms with van der Waals surface area (Å²) in [7, 11) is 0. The zero-order valence-electron chi connectivity index (χ0n) is 28.5. The maximum Gasteiger partial charge on any atom is 0.312 e. The van der Waals surface area contributed by atoms with Crippen LogP contribution in [-0.4, -0.2) is 78.8 Å². The van der Waals surface area contributed by atoms with Gasteiger partial charge in [-0.3, -0.25) is 28.9 Å². The second-order valence-electron chi connectivity index (χ2n) is 12.9. The van der Waals surface area contributed by atoms with Crippen molar-refractivity contribution in [2.24, 2.45) is 16.9 Å². The Kier molecular flexibility index (Phi) is 17.1. The lowest BCUT2D eigenvalue weighted by molar-refractivity contribution is -0.154.